The first-order chi connectivity index (χ1) is 6.81. The van der Waals surface area contributed by atoms with Gasteiger partial charge in [0, 0.05) is 6.54 Å². The fourth-order valence-corrected chi connectivity index (χ4v) is 2.11. The first-order valence-corrected chi connectivity index (χ1v) is 6.24. The molecular formula is C8H15NO5S. The van der Waals surface area contributed by atoms with E-state index in [1.54, 1.807) is 6.92 Å². The molecule has 7 heteroatoms. The third-order valence-corrected chi connectivity index (χ3v) is 3.92. The summed E-state index contributed by atoms with van der Waals surface area (Å²) in [6.45, 7) is 3.27. The lowest BCUT2D eigenvalue weighted by molar-refractivity contribution is -0.136. The molecule has 0 aliphatic rings. The zero-order valence-corrected chi connectivity index (χ0v) is 9.50. The van der Waals surface area contributed by atoms with Gasteiger partial charge in [0.2, 0.25) is 5.91 Å². The molecule has 0 rings (SSSR count). The Labute approximate surface area is 88.6 Å². The van der Waals surface area contributed by atoms with Crippen LogP contribution in [-0.2, 0) is 19.4 Å². The van der Waals surface area contributed by atoms with Gasteiger partial charge in [-0.15, -0.1) is 0 Å². The van der Waals surface area contributed by atoms with E-state index in [0.717, 1.165) is 0 Å². The number of amides is 1. The van der Waals surface area contributed by atoms with Crippen LogP contribution in [0.3, 0.4) is 0 Å². The number of hydrogen-bond donors (Lipinski definition) is 2. The fraction of sp³-hybridized carbons (Fsp3) is 0.750. The first-order valence-electron chi connectivity index (χ1n) is 4.52. The van der Waals surface area contributed by atoms with E-state index in [9.17, 15) is 18.0 Å². The largest absolute Gasteiger partial charge is 0.481 e. The normalized spacial score (nSPS) is 13.2. The average Bonchev–Trinajstić information content (AvgIpc) is 2.14. The van der Waals surface area contributed by atoms with Crippen LogP contribution in [0.15, 0.2) is 0 Å². The summed E-state index contributed by atoms with van der Waals surface area (Å²) in [5.41, 5.74) is 0. The van der Waals surface area contributed by atoms with Crippen LogP contribution >= 0.6 is 0 Å². The summed E-state index contributed by atoms with van der Waals surface area (Å²) in [4.78, 5) is 21.4. The molecule has 0 aromatic carbocycles. The Balaban J connectivity index is 4.45. The zero-order valence-electron chi connectivity index (χ0n) is 8.69. The van der Waals surface area contributed by atoms with E-state index in [1.807, 2.05) is 0 Å². The molecule has 0 aromatic rings. The number of sulfone groups is 1. The maximum absolute atomic E-state index is 11.4. The Morgan fingerprint density at radius 2 is 1.93 bits per heavy atom. The van der Waals surface area contributed by atoms with Gasteiger partial charge in [0.1, 0.15) is 5.25 Å². The number of aliphatic carboxylic acids is 1. The minimum atomic E-state index is -3.67. The minimum Gasteiger partial charge on any atom is -0.481 e. The van der Waals surface area contributed by atoms with Crippen molar-refractivity contribution in [3.05, 3.63) is 0 Å². The number of nitrogens with one attached hydrogen (secondary N) is 1. The summed E-state index contributed by atoms with van der Waals surface area (Å²) < 4.78 is 22.9. The molecule has 88 valence electrons. The molecule has 15 heavy (non-hydrogen) atoms. The molecule has 1 amide bonds. The molecule has 0 aliphatic heterocycles. The van der Waals surface area contributed by atoms with Gasteiger partial charge in [-0.2, -0.15) is 0 Å². The second kappa shape index (κ2) is 5.69. The number of carboxylic acid groups (broad SMARTS) is 1. The van der Waals surface area contributed by atoms with E-state index >= 15 is 0 Å². The standard InChI is InChI=1S/C8H15NO5S/c1-3-9-8(12)6(2)15(13,14)5-4-7(10)11/h6H,3-5H2,1-2H3,(H,9,12)(H,10,11). The summed E-state index contributed by atoms with van der Waals surface area (Å²) in [6, 6.07) is 0. The first kappa shape index (κ1) is 13.9. The van der Waals surface area contributed by atoms with Gasteiger partial charge in [0.25, 0.3) is 0 Å². The third kappa shape index (κ3) is 4.78. The highest BCUT2D eigenvalue weighted by molar-refractivity contribution is 7.92. The molecule has 0 radical (unpaired) electrons. The summed E-state index contributed by atoms with van der Waals surface area (Å²) >= 11 is 0. The number of carbonyl (C=O) groups is 2. The molecule has 1 atom stereocenters. The van der Waals surface area contributed by atoms with E-state index < -0.39 is 39.1 Å². The lowest BCUT2D eigenvalue weighted by atomic mass is 10.4. The number of rotatable bonds is 6. The average molecular weight is 237 g/mol. The summed E-state index contributed by atoms with van der Waals surface area (Å²) in [6.07, 6.45) is -0.480. The van der Waals surface area contributed by atoms with E-state index in [0.29, 0.717) is 6.54 Å². The van der Waals surface area contributed by atoms with Crippen LogP contribution in [0.1, 0.15) is 20.3 Å². The van der Waals surface area contributed by atoms with Crippen molar-refractivity contribution in [3.8, 4) is 0 Å². The maximum atomic E-state index is 11.4. The lowest BCUT2D eigenvalue weighted by Gasteiger charge is -2.11. The van der Waals surface area contributed by atoms with Gasteiger partial charge >= 0.3 is 5.97 Å². The summed E-state index contributed by atoms with van der Waals surface area (Å²) in [5.74, 6) is -2.30. The fourth-order valence-electron chi connectivity index (χ4n) is 0.887. The van der Waals surface area contributed by atoms with Crippen molar-refractivity contribution in [2.24, 2.45) is 0 Å². The Morgan fingerprint density at radius 3 is 2.33 bits per heavy atom. The molecule has 0 aliphatic carbocycles. The van der Waals surface area contributed by atoms with Gasteiger partial charge in [-0.05, 0) is 13.8 Å². The Hall–Kier alpha value is -1.11. The van der Waals surface area contributed by atoms with Crippen molar-refractivity contribution < 1.29 is 23.1 Å². The molecular weight excluding hydrogens is 222 g/mol. The molecule has 0 saturated carbocycles. The van der Waals surface area contributed by atoms with E-state index in [2.05, 4.69) is 5.32 Å². The highest BCUT2D eigenvalue weighted by Gasteiger charge is 2.27. The van der Waals surface area contributed by atoms with E-state index in [4.69, 9.17) is 5.11 Å². The number of hydrogen-bond acceptors (Lipinski definition) is 4. The molecule has 0 heterocycles. The van der Waals surface area contributed by atoms with Crippen LogP contribution < -0.4 is 5.32 Å². The number of carboxylic acids is 1. The van der Waals surface area contributed by atoms with Gasteiger partial charge in [0.05, 0.1) is 12.2 Å². The van der Waals surface area contributed by atoms with Gasteiger partial charge in [-0.3, -0.25) is 9.59 Å². The SMILES string of the molecule is CCNC(=O)C(C)S(=O)(=O)CCC(=O)O. The number of carbonyl (C=O) groups excluding carboxylic acids is 1. The van der Waals surface area contributed by atoms with Crippen molar-refractivity contribution in [2.45, 2.75) is 25.5 Å². The molecule has 0 saturated heterocycles. The second-order valence-corrected chi connectivity index (χ2v) is 5.49. The van der Waals surface area contributed by atoms with Gasteiger partial charge in [-0.25, -0.2) is 8.42 Å². The van der Waals surface area contributed by atoms with Crippen LogP contribution in [-0.4, -0.2) is 42.9 Å². The third-order valence-electron chi connectivity index (χ3n) is 1.86. The Morgan fingerprint density at radius 1 is 1.40 bits per heavy atom. The van der Waals surface area contributed by atoms with Gasteiger partial charge in [0.15, 0.2) is 9.84 Å². The Bertz CT molecular complexity index is 335. The molecule has 0 bridgehead atoms. The smallest absolute Gasteiger partial charge is 0.304 e. The second-order valence-electron chi connectivity index (χ2n) is 3.05. The quantitative estimate of drug-likeness (QED) is 0.642. The Kier molecular flexibility index (Phi) is 5.27. The lowest BCUT2D eigenvalue weighted by Crippen LogP contribution is -2.39. The van der Waals surface area contributed by atoms with Crippen molar-refractivity contribution in [1.82, 2.24) is 5.32 Å². The monoisotopic (exact) mass is 237 g/mol. The van der Waals surface area contributed by atoms with Crippen molar-refractivity contribution in [2.75, 3.05) is 12.3 Å². The summed E-state index contributed by atoms with van der Waals surface area (Å²) in [5, 5.41) is 9.51. The summed E-state index contributed by atoms with van der Waals surface area (Å²) in [7, 11) is -3.67. The van der Waals surface area contributed by atoms with Crippen LogP contribution in [0.4, 0.5) is 0 Å². The predicted octanol–water partition coefficient (Wildman–Crippen LogP) is -0.599. The zero-order chi connectivity index (χ0) is 12.1. The molecule has 0 spiro atoms. The predicted molar refractivity (Wildman–Crippen MR) is 54.2 cm³/mol. The molecule has 0 fully saturated rings. The molecule has 0 aromatic heterocycles. The van der Waals surface area contributed by atoms with Gasteiger partial charge < -0.3 is 10.4 Å². The molecule has 2 N–H and O–H groups in total. The highest BCUT2D eigenvalue weighted by atomic mass is 32.2. The van der Waals surface area contributed by atoms with E-state index in [1.165, 1.54) is 6.92 Å². The van der Waals surface area contributed by atoms with E-state index in [-0.39, 0.29) is 0 Å². The highest BCUT2D eigenvalue weighted by Crippen LogP contribution is 2.04. The van der Waals surface area contributed by atoms with Crippen LogP contribution in [0.25, 0.3) is 0 Å². The minimum absolute atomic E-state index is 0.345. The van der Waals surface area contributed by atoms with Crippen molar-refractivity contribution in [1.29, 1.82) is 0 Å². The molecule has 6 nitrogen and oxygen atoms in total. The van der Waals surface area contributed by atoms with Gasteiger partial charge in [-0.1, -0.05) is 0 Å². The topological polar surface area (TPSA) is 101 Å². The molecule has 1 unspecified atom stereocenters. The van der Waals surface area contributed by atoms with Crippen molar-refractivity contribution in [3.63, 3.8) is 0 Å². The van der Waals surface area contributed by atoms with Crippen LogP contribution in [0.5, 0.6) is 0 Å². The van der Waals surface area contributed by atoms with Crippen LogP contribution in [0, 0.1) is 0 Å². The van der Waals surface area contributed by atoms with Crippen LogP contribution in [0.2, 0.25) is 0 Å². The van der Waals surface area contributed by atoms with Crippen molar-refractivity contribution >= 4 is 21.7 Å². The maximum Gasteiger partial charge on any atom is 0.304 e.